The van der Waals surface area contributed by atoms with Crippen LogP contribution in [-0.2, 0) is 4.79 Å². The van der Waals surface area contributed by atoms with Crippen LogP contribution in [0.1, 0.15) is 6.92 Å². The van der Waals surface area contributed by atoms with Gasteiger partial charge in [-0.3, -0.25) is 0 Å². The lowest BCUT2D eigenvalue weighted by molar-refractivity contribution is -0.131. The van der Waals surface area contributed by atoms with Crippen molar-refractivity contribution in [2.75, 3.05) is 0 Å². The van der Waals surface area contributed by atoms with Crippen molar-refractivity contribution >= 4 is 5.97 Å². The Balaban J connectivity index is 2.01. The molecule has 0 bridgehead atoms. The molecule has 1 N–H and O–H groups in total. The molecule has 2 atom stereocenters. The van der Waals surface area contributed by atoms with Crippen molar-refractivity contribution in [3.8, 4) is 0 Å². The van der Waals surface area contributed by atoms with Crippen LogP contribution in [0, 0.1) is 17.8 Å². The smallest absolute Gasteiger partial charge is 0.328 e. The molecule has 0 radical (unpaired) electrons. The van der Waals surface area contributed by atoms with Crippen molar-refractivity contribution < 1.29 is 9.90 Å². The van der Waals surface area contributed by atoms with Gasteiger partial charge in [-0.15, -0.1) is 0 Å². The largest absolute Gasteiger partial charge is 0.478 e. The number of carboxylic acid groups (broad SMARTS) is 1. The van der Waals surface area contributed by atoms with Crippen LogP contribution in [0.4, 0.5) is 0 Å². The Morgan fingerprint density at radius 3 is 2.56 bits per heavy atom. The fourth-order valence-corrected chi connectivity index (χ4v) is 1.61. The summed E-state index contributed by atoms with van der Waals surface area (Å²) in [4.78, 5) is 10.0. The maximum absolute atomic E-state index is 10.0. The first-order valence-corrected chi connectivity index (χ1v) is 3.16. The Kier molecular flexibility index (Phi) is 0.672. The Hall–Kier alpha value is -0.790. The van der Waals surface area contributed by atoms with Gasteiger partial charge >= 0.3 is 5.97 Å². The molecular weight excluding hydrogens is 116 g/mol. The third-order valence-corrected chi connectivity index (χ3v) is 2.33. The molecule has 9 heavy (non-hydrogen) atoms. The highest BCUT2D eigenvalue weighted by molar-refractivity contribution is 5.83. The second kappa shape index (κ2) is 1.20. The number of hydrogen-bond acceptors (Lipinski definition) is 1. The number of allylic oxidation sites excluding steroid dienone is 1. The fourth-order valence-electron chi connectivity index (χ4n) is 1.61. The third kappa shape index (κ3) is 0.530. The molecule has 0 heterocycles. The molecule has 2 heteroatoms. The molecule has 2 aliphatic carbocycles. The topological polar surface area (TPSA) is 37.3 Å². The number of rotatable bonds is 1. The Bertz CT molecular complexity index is 193. The van der Waals surface area contributed by atoms with Crippen molar-refractivity contribution in [1.29, 1.82) is 0 Å². The summed E-state index contributed by atoms with van der Waals surface area (Å²) in [5, 5.41) is 8.27. The zero-order valence-corrected chi connectivity index (χ0v) is 5.16. The highest BCUT2D eigenvalue weighted by Crippen LogP contribution is 2.72. The summed E-state index contributed by atoms with van der Waals surface area (Å²) in [5.41, 5.74) is 1.16. The summed E-state index contributed by atoms with van der Waals surface area (Å²) in [5.74, 6) is 1.34. The van der Waals surface area contributed by atoms with Crippen LogP contribution in [0.15, 0.2) is 11.6 Å². The van der Waals surface area contributed by atoms with Gasteiger partial charge in [0, 0.05) is 6.08 Å². The van der Waals surface area contributed by atoms with Crippen LogP contribution < -0.4 is 0 Å². The molecule has 0 aromatic heterocycles. The van der Waals surface area contributed by atoms with E-state index in [1.165, 1.54) is 6.08 Å². The minimum Gasteiger partial charge on any atom is -0.478 e. The maximum atomic E-state index is 10.0. The van der Waals surface area contributed by atoms with Crippen LogP contribution in [0.3, 0.4) is 0 Å². The predicted molar refractivity (Wildman–Crippen MR) is 31.9 cm³/mol. The number of hydrogen-bond donors (Lipinski definition) is 1. The van der Waals surface area contributed by atoms with E-state index in [0.717, 1.165) is 11.5 Å². The molecule has 0 spiro atoms. The second-order valence-corrected chi connectivity index (χ2v) is 2.89. The molecule has 48 valence electrons. The molecule has 2 rings (SSSR count). The molecule has 0 aromatic carbocycles. The van der Waals surface area contributed by atoms with E-state index in [1.54, 1.807) is 0 Å². The highest BCUT2D eigenvalue weighted by Gasteiger charge is 2.66. The third-order valence-electron chi connectivity index (χ3n) is 2.33. The molecule has 2 saturated carbocycles. The summed E-state index contributed by atoms with van der Waals surface area (Å²) in [6, 6.07) is 0. The Morgan fingerprint density at radius 1 is 1.67 bits per heavy atom. The maximum Gasteiger partial charge on any atom is 0.328 e. The SMILES string of the molecule is CC1C2C(=CC(=O)O)C12. The summed E-state index contributed by atoms with van der Waals surface area (Å²) in [6.45, 7) is 2.16. The van der Waals surface area contributed by atoms with Crippen molar-refractivity contribution in [3.05, 3.63) is 11.6 Å². The molecule has 0 amide bonds. The van der Waals surface area contributed by atoms with Crippen molar-refractivity contribution in [2.24, 2.45) is 17.8 Å². The van der Waals surface area contributed by atoms with E-state index in [1.807, 2.05) is 0 Å². The average Bonchev–Trinajstić information content (AvgIpc) is 2.55. The number of aliphatic carboxylic acids is 1. The summed E-state index contributed by atoms with van der Waals surface area (Å²) >= 11 is 0. The van der Waals surface area contributed by atoms with E-state index in [-0.39, 0.29) is 0 Å². The van der Waals surface area contributed by atoms with Crippen LogP contribution in [-0.4, -0.2) is 11.1 Å². The first-order chi connectivity index (χ1) is 4.22. The standard InChI is InChI=1S/C7H8O2/c1-3-6-4(7(3)6)2-5(8)9/h2-3,6-7H,1H3,(H,8,9). The molecule has 2 fully saturated rings. The van der Waals surface area contributed by atoms with Crippen molar-refractivity contribution in [2.45, 2.75) is 6.92 Å². The average molecular weight is 124 g/mol. The quantitative estimate of drug-likeness (QED) is 0.527. The second-order valence-electron chi connectivity index (χ2n) is 2.89. The number of carbonyl (C=O) groups is 1. The van der Waals surface area contributed by atoms with E-state index in [9.17, 15) is 4.79 Å². The monoisotopic (exact) mass is 124 g/mol. The van der Waals surface area contributed by atoms with Crippen LogP contribution in [0.5, 0.6) is 0 Å². The molecule has 2 unspecified atom stereocenters. The van der Waals surface area contributed by atoms with E-state index in [2.05, 4.69) is 6.92 Å². The summed E-state index contributed by atoms with van der Waals surface area (Å²) in [6.07, 6.45) is 1.36. The lowest BCUT2D eigenvalue weighted by Crippen LogP contribution is -1.91. The first kappa shape index (κ1) is 5.03. The molecule has 2 nitrogen and oxygen atoms in total. The van der Waals surface area contributed by atoms with Crippen LogP contribution >= 0.6 is 0 Å². The van der Waals surface area contributed by atoms with Gasteiger partial charge < -0.3 is 5.11 Å². The van der Waals surface area contributed by atoms with E-state index in [0.29, 0.717) is 11.8 Å². The highest BCUT2D eigenvalue weighted by atomic mass is 16.4. The van der Waals surface area contributed by atoms with Gasteiger partial charge in [-0.05, 0) is 17.8 Å². The zero-order valence-electron chi connectivity index (χ0n) is 5.16. The number of fused-ring (bicyclic) bond motifs is 1. The molecular formula is C7H8O2. The van der Waals surface area contributed by atoms with Gasteiger partial charge in [0.15, 0.2) is 0 Å². The first-order valence-electron chi connectivity index (χ1n) is 3.16. The molecule has 2 aliphatic rings. The van der Waals surface area contributed by atoms with Gasteiger partial charge in [0.2, 0.25) is 0 Å². The Morgan fingerprint density at radius 2 is 2.22 bits per heavy atom. The van der Waals surface area contributed by atoms with Gasteiger partial charge in [0.1, 0.15) is 0 Å². The van der Waals surface area contributed by atoms with E-state index in [4.69, 9.17) is 5.11 Å². The van der Waals surface area contributed by atoms with Crippen LogP contribution in [0.25, 0.3) is 0 Å². The summed E-state index contributed by atoms with van der Waals surface area (Å²) in [7, 11) is 0. The van der Waals surface area contributed by atoms with Gasteiger partial charge in [0.05, 0.1) is 0 Å². The molecule has 0 saturated heterocycles. The zero-order chi connectivity index (χ0) is 6.59. The van der Waals surface area contributed by atoms with Crippen molar-refractivity contribution in [3.63, 3.8) is 0 Å². The Labute approximate surface area is 53.2 Å². The molecule has 0 aliphatic heterocycles. The van der Waals surface area contributed by atoms with Gasteiger partial charge in [-0.2, -0.15) is 0 Å². The predicted octanol–water partition coefficient (Wildman–Crippen LogP) is 0.893. The lowest BCUT2D eigenvalue weighted by Gasteiger charge is -1.91. The summed E-state index contributed by atoms with van der Waals surface area (Å²) < 4.78 is 0. The van der Waals surface area contributed by atoms with Gasteiger partial charge in [0.25, 0.3) is 0 Å². The minimum absolute atomic E-state index is 0.668. The van der Waals surface area contributed by atoms with Gasteiger partial charge in [-0.1, -0.05) is 12.5 Å². The van der Waals surface area contributed by atoms with Gasteiger partial charge in [-0.25, -0.2) is 4.79 Å². The minimum atomic E-state index is -0.788. The van der Waals surface area contributed by atoms with Crippen molar-refractivity contribution in [1.82, 2.24) is 0 Å². The lowest BCUT2D eigenvalue weighted by atomic mass is 10.1. The fraction of sp³-hybridized carbons (Fsp3) is 0.571. The number of carboxylic acids is 1. The van der Waals surface area contributed by atoms with E-state index < -0.39 is 5.97 Å². The van der Waals surface area contributed by atoms with E-state index >= 15 is 0 Å². The van der Waals surface area contributed by atoms with Crippen LogP contribution in [0.2, 0.25) is 0 Å². The normalized spacial score (nSPS) is 43.7. The molecule has 0 aromatic rings.